The number of benzene rings is 1. The molecule has 1 aliphatic heterocycles. The zero-order valence-corrected chi connectivity index (χ0v) is 14.4. The number of rotatable bonds is 3. The van der Waals surface area contributed by atoms with E-state index in [9.17, 15) is 0 Å². The molecule has 0 aliphatic carbocycles. The van der Waals surface area contributed by atoms with Crippen LogP contribution in [0.3, 0.4) is 0 Å². The molecule has 1 fully saturated rings. The van der Waals surface area contributed by atoms with Crippen molar-refractivity contribution in [3.8, 4) is 22.7 Å². The van der Waals surface area contributed by atoms with Gasteiger partial charge in [-0.05, 0) is 26.1 Å². The number of aryl methyl sites for hydroxylation is 1. The molecule has 1 unspecified atom stereocenters. The van der Waals surface area contributed by atoms with Crippen LogP contribution in [0.1, 0.15) is 17.6 Å². The summed E-state index contributed by atoms with van der Waals surface area (Å²) in [7, 11) is 2.09. The summed E-state index contributed by atoms with van der Waals surface area (Å²) < 4.78 is 5.52. The molecule has 25 heavy (non-hydrogen) atoms. The Kier molecular flexibility index (Phi) is 4.29. The summed E-state index contributed by atoms with van der Waals surface area (Å²) in [6.45, 7) is 4.77. The van der Waals surface area contributed by atoms with Crippen LogP contribution >= 0.6 is 0 Å². The van der Waals surface area contributed by atoms with E-state index in [1.165, 1.54) is 0 Å². The quantitative estimate of drug-likeness (QED) is 0.794. The average Bonchev–Trinajstić information content (AvgIpc) is 3.12. The topological polar surface area (TPSA) is 67.1 Å². The normalized spacial score (nSPS) is 18.4. The van der Waals surface area contributed by atoms with Crippen molar-refractivity contribution >= 4 is 0 Å². The number of nitrogens with zero attached hydrogens (tertiary/aromatic N) is 4. The molecule has 2 aromatic heterocycles. The third-order valence-corrected chi connectivity index (χ3v) is 4.64. The molecule has 0 bridgehead atoms. The summed E-state index contributed by atoms with van der Waals surface area (Å²) >= 11 is 0. The summed E-state index contributed by atoms with van der Waals surface area (Å²) in [5.74, 6) is 1.25. The lowest BCUT2D eigenvalue weighted by molar-refractivity contribution is 0.190. The second-order valence-corrected chi connectivity index (χ2v) is 6.35. The molecule has 128 valence electrons. The van der Waals surface area contributed by atoms with Crippen molar-refractivity contribution in [1.29, 1.82) is 0 Å². The smallest absolute Gasteiger partial charge is 0.259 e. The third kappa shape index (κ3) is 3.18. The minimum atomic E-state index is 0.142. The van der Waals surface area contributed by atoms with Crippen LogP contribution in [0.4, 0.5) is 0 Å². The van der Waals surface area contributed by atoms with E-state index in [4.69, 9.17) is 9.51 Å². The van der Waals surface area contributed by atoms with Gasteiger partial charge in [0.05, 0.1) is 23.0 Å². The molecule has 1 N–H and O–H groups in total. The van der Waals surface area contributed by atoms with Crippen molar-refractivity contribution in [2.24, 2.45) is 0 Å². The first kappa shape index (κ1) is 15.9. The zero-order valence-electron chi connectivity index (χ0n) is 14.4. The van der Waals surface area contributed by atoms with Crippen molar-refractivity contribution in [2.75, 3.05) is 26.7 Å². The van der Waals surface area contributed by atoms with Crippen LogP contribution in [0.15, 0.2) is 47.0 Å². The van der Waals surface area contributed by atoms with Gasteiger partial charge in [0.1, 0.15) is 0 Å². The summed E-state index contributed by atoms with van der Waals surface area (Å²) in [5.41, 5.74) is 3.80. The molecular weight excluding hydrogens is 314 g/mol. The maximum Gasteiger partial charge on any atom is 0.259 e. The van der Waals surface area contributed by atoms with E-state index in [2.05, 4.69) is 39.5 Å². The Balaban J connectivity index is 1.62. The molecule has 4 rings (SSSR count). The first-order valence-corrected chi connectivity index (χ1v) is 8.50. The summed E-state index contributed by atoms with van der Waals surface area (Å²) in [6.07, 6.45) is 0. The highest BCUT2D eigenvalue weighted by Gasteiger charge is 2.25. The second-order valence-electron chi connectivity index (χ2n) is 6.35. The molecule has 3 aromatic rings. The lowest BCUT2D eigenvalue weighted by Gasteiger charge is -2.30. The van der Waals surface area contributed by atoms with Crippen molar-refractivity contribution < 1.29 is 4.52 Å². The van der Waals surface area contributed by atoms with Gasteiger partial charge in [-0.15, -0.1) is 0 Å². The minimum Gasteiger partial charge on any atom is -0.334 e. The number of nitrogens with one attached hydrogen (secondary N) is 1. The van der Waals surface area contributed by atoms with Crippen LogP contribution in [0.2, 0.25) is 0 Å². The molecule has 1 saturated heterocycles. The monoisotopic (exact) mass is 335 g/mol. The lowest BCUT2D eigenvalue weighted by Crippen LogP contribution is -2.44. The summed E-state index contributed by atoms with van der Waals surface area (Å²) in [5, 5.41) is 7.57. The van der Waals surface area contributed by atoms with Gasteiger partial charge >= 0.3 is 0 Å². The Bertz CT molecular complexity index is 861. The number of aromatic nitrogens is 3. The molecule has 1 aliphatic rings. The molecule has 6 nitrogen and oxygen atoms in total. The predicted octanol–water partition coefficient (Wildman–Crippen LogP) is 2.68. The number of likely N-dealkylation sites (N-methyl/N-ethyl adjacent to an activating group) is 1. The molecule has 6 heteroatoms. The molecule has 3 heterocycles. The number of hydrogen-bond donors (Lipinski definition) is 1. The highest BCUT2D eigenvalue weighted by molar-refractivity contribution is 5.64. The van der Waals surface area contributed by atoms with Gasteiger partial charge in [0.25, 0.3) is 5.89 Å². The maximum absolute atomic E-state index is 5.52. The average molecular weight is 335 g/mol. The van der Waals surface area contributed by atoms with Gasteiger partial charge in [0, 0.05) is 25.2 Å². The lowest BCUT2D eigenvalue weighted by atomic mass is 10.1. The Morgan fingerprint density at radius 1 is 1.12 bits per heavy atom. The van der Waals surface area contributed by atoms with Gasteiger partial charge in [-0.2, -0.15) is 4.98 Å². The van der Waals surface area contributed by atoms with Crippen LogP contribution in [-0.2, 0) is 0 Å². The fourth-order valence-electron chi connectivity index (χ4n) is 3.13. The Hall–Kier alpha value is -2.57. The minimum absolute atomic E-state index is 0.142. The third-order valence-electron chi connectivity index (χ3n) is 4.64. The van der Waals surface area contributed by atoms with Crippen LogP contribution in [0.5, 0.6) is 0 Å². The first-order valence-electron chi connectivity index (χ1n) is 8.50. The highest BCUT2D eigenvalue weighted by Crippen LogP contribution is 2.26. The van der Waals surface area contributed by atoms with Gasteiger partial charge in [-0.25, -0.2) is 0 Å². The fraction of sp³-hybridized carbons (Fsp3) is 0.316. The number of piperazine rings is 1. The predicted molar refractivity (Wildman–Crippen MR) is 95.9 cm³/mol. The van der Waals surface area contributed by atoms with Gasteiger partial charge in [0.15, 0.2) is 5.82 Å². The summed E-state index contributed by atoms with van der Waals surface area (Å²) in [4.78, 5) is 11.6. The fourth-order valence-corrected chi connectivity index (χ4v) is 3.13. The largest absolute Gasteiger partial charge is 0.334 e. The number of pyridine rings is 1. The first-order chi connectivity index (χ1) is 12.2. The van der Waals surface area contributed by atoms with E-state index >= 15 is 0 Å². The van der Waals surface area contributed by atoms with E-state index in [1.54, 1.807) is 0 Å². The van der Waals surface area contributed by atoms with Crippen LogP contribution in [0.25, 0.3) is 22.7 Å². The standard InChI is InChI=1S/C19H21N5O/c1-13-15(8-9-16(21-13)14-6-4-3-5-7-14)19-22-18(23-25-19)17-12-20-10-11-24(17)2/h3-9,17,20H,10-12H2,1-2H3. The molecular formula is C19H21N5O. The summed E-state index contributed by atoms with van der Waals surface area (Å²) in [6, 6.07) is 14.3. The van der Waals surface area contributed by atoms with E-state index in [0.717, 1.165) is 48.0 Å². The Morgan fingerprint density at radius 3 is 2.72 bits per heavy atom. The zero-order chi connectivity index (χ0) is 17.2. The SMILES string of the molecule is Cc1nc(-c2ccccc2)ccc1-c1nc(C2CNCCN2C)no1. The van der Waals surface area contributed by atoms with Gasteiger partial charge < -0.3 is 9.84 Å². The Labute approximate surface area is 146 Å². The van der Waals surface area contributed by atoms with Crippen molar-refractivity contribution in [3.63, 3.8) is 0 Å². The van der Waals surface area contributed by atoms with E-state index in [-0.39, 0.29) is 6.04 Å². The van der Waals surface area contributed by atoms with Gasteiger partial charge in [-0.3, -0.25) is 9.88 Å². The van der Waals surface area contributed by atoms with Gasteiger partial charge in [-0.1, -0.05) is 35.5 Å². The highest BCUT2D eigenvalue weighted by atomic mass is 16.5. The molecule has 0 radical (unpaired) electrons. The second kappa shape index (κ2) is 6.74. The van der Waals surface area contributed by atoms with Crippen LogP contribution in [0, 0.1) is 6.92 Å². The molecule has 1 aromatic carbocycles. The van der Waals surface area contributed by atoms with E-state index < -0.39 is 0 Å². The van der Waals surface area contributed by atoms with Crippen molar-refractivity contribution in [1.82, 2.24) is 25.3 Å². The van der Waals surface area contributed by atoms with E-state index in [1.807, 2.05) is 37.3 Å². The van der Waals surface area contributed by atoms with Crippen molar-refractivity contribution in [2.45, 2.75) is 13.0 Å². The Morgan fingerprint density at radius 2 is 1.96 bits per heavy atom. The molecule has 0 saturated carbocycles. The van der Waals surface area contributed by atoms with Crippen LogP contribution in [-0.4, -0.2) is 46.7 Å². The van der Waals surface area contributed by atoms with Crippen molar-refractivity contribution in [3.05, 3.63) is 54.0 Å². The molecule has 0 amide bonds. The maximum atomic E-state index is 5.52. The van der Waals surface area contributed by atoms with Gasteiger partial charge in [0.2, 0.25) is 0 Å². The molecule has 1 atom stereocenters. The van der Waals surface area contributed by atoms with E-state index in [0.29, 0.717) is 5.89 Å². The van der Waals surface area contributed by atoms with Crippen LogP contribution < -0.4 is 5.32 Å². The number of hydrogen-bond acceptors (Lipinski definition) is 6. The molecule has 0 spiro atoms.